The molecule has 1 heterocycles. The maximum Gasteiger partial charge on any atom is 0.189 e. The summed E-state index contributed by atoms with van der Waals surface area (Å²) in [5.41, 5.74) is 0. The van der Waals surface area contributed by atoms with Crippen LogP contribution in [0.4, 0.5) is 0 Å². The lowest BCUT2D eigenvalue weighted by Gasteiger charge is -2.01. The zero-order chi connectivity index (χ0) is 6.74. The lowest BCUT2D eigenvalue weighted by atomic mass is 10.2. The van der Waals surface area contributed by atoms with Gasteiger partial charge in [-0.25, -0.2) is 0 Å². The minimum absolute atomic E-state index is 0.525. The van der Waals surface area contributed by atoms with Crippen molar-refractivity contribution in [3.8, 4) is 0 Å². The van der Waals surface area contributed by atoms with Crippen LogP contribution < -0.4 is 5.32 Å². The van der Waals surface area contributed by atoms with E-state index in [1.165, 1.54) is 0 Å². The Hall–Kier alpha value is -0.120. The maximum atomic E-state index is 9.11. The highest BCUT2D eigenvalue weighted by Crippen LogP contribution is 2.27. The smallest absolute Gasteiger partial charge is 0.189 e. The summed E-state index contributed by atoms with van der Waals surface area (Å²) in [7, 11) is 1.90. The third-order valence-corrected chi connectivity index (χ3v) is 1.47. The fourth-order valence-corrected chi connectivity index (χ4v) is 0.769. The van der Waals surface area contributed by atoms with Gasteiger partial charge in [0.15, 0.2) is 5.79 Å². The fourth-order valence-electron chi connectivity index (χ4n) is 0.769. The van der Waals surface area contributed by atoms with Crippen LogP contribution in [0.25, 0.3) is 0 Å². The second kappa shape index (κ2) is 2.64. The first-order valence-corrected chi connectivity index (χ1v) is 3.28. The van der Waals surface area contributed by atoms with Gasteiger partial charge in [-0.05, 0) is 20.0 Å². The van der Waals surface area contributed by atoms with Crippen molar-refractivity contribution in [3.05, 3.63) is 0 Å². The van der Waals surface area contributed by atoms with E-state index in [-0.39, 0.29) is 0 Å². The number of ether oxygens (including phenoxy) is 1. The molecule has 0 aromatic heterocycles. The third-order valence-electron chi connectivity index (χ3n) is 1.47. The summed E-state index contributed by atoms with van der Waals surface area (Å²) < 4.78 is 4.77. The monoisotopic (exact) mass is 131 g/mol. The molecule has 3 heteroatoms. The highest BCUT2D eigenvalue weighted by Gasteiger charge is 2.41. The molecule has 0 radical (unpaired) electrons. The van der Waals surface area contributed by atoms with Crippen molar-refractivity contribution in [2.24, 2.45) is 0 Å². The Bertz CT molecular complexity index is 91.1. The molecule has 0 aliphatic carbocycles. The zero-order valence-corrected chi connectivity index (χ0v) is 5.68. The van der Waals surface area contributed by atoms with E-state index in [0.29, 0.717) is 6.61 Å². The zero-order valence-electron chi connectivity index (χ0n) is 5.68. The first kappa shape index (κ1) is 6.99. The van der Waals surface area contributed by atoms with Crippen LogP contribution in [0.2, 0.25) is 0 Å². The molecule has 0 bridgehead atoms. The SMILES string of the molecule is CNCCCC1(O)CO1. The summed E-state index contributed by atoms with van der Waals surface area (Å²) in [6.45, 7) is 1.47. The Morgan fingerprint density at radius 3 is 2.89 bits per heavy atom. The molecule has 1 unspecified atom stereocenters. The third kappa shape index (κ3) is 2.30. The Labute approximate surface area is 55.0 Å². The van der Waals surface area contributed by atoms with E-state index < -0.39 is 5.79 Å². The van der Waals surface area contributed by atoms with Crippen LogP contribution in [0.5, 0.6) is 0 Å². The molecule has 2 N–H and O–H groups in total. The number of epoxide rings is 1. The topological polar surface area (TPSA) is 44.8 Å². The Morgan fingerprint density at radius 1 is 1.78 bits per heavy atom. The summed E-state index contributed by atoms with van der Waals surface area (Å²) in [4.78, 5) is 0. The fraction of sp³-hybridized carbons (Fsp3) is 1.00. The Kier molecular flexibility index (Phi) is 2.05. The van der Waals surface area contributed by atoms with Gasteiger partial charge in [-0.1, -0.05) is 0 Å². The Balaban J connectivity index is 1.92. The van der Waals surface area contributed by atoms with Gasteiger partial charge in [0.2, 0.25) is 0 Å². The molecule has 1 rings (SSSR count). The predicted octanol–water partition coefficient (Wildman–Crippen LogP) is -0.295. The van der Waals surface area contributed by atoms with Gasteiger partial charge in [0.1, 0.15) is 6.61 Å². The molecule has 1 saturated heterocycles. The van der Waals surface area contributed by atoms with Crippen molar-refractivity contribution in [1.82, 2.24) is 5.32 Å². The van der Waals surface area contributed by atoms with Gasteiger partial charge in [0, 0.05) is 6.42 Å². The molecule has 1 fully saturated rings. The van der Waals surface area contributed by atoms with Gasteiger partial charge < -0.3 is 15.2 Å². The van der Waals surface area contributed by atoms with Gasteiger partial charge in [-0.2, -0.15) is 0 Å². The molecule has 0 saturated carbocycles. The molecule has 0 spiro atoms. The van der Waals surface area contributed by atoms with Crippen LogP contribution in [0.3, 0.4) is 0 Å². The quantitative estimate of drug-likeness (QED) is 0.407. The summed E-state index contributed by atoms with van der Waals surface area (Å²) in [5, 5.41) is 12.1. The van der Waals surface area contributed by atoms with Crippen molar-refractivity contribution >= 4 is 0 Å². The van der Waals surface area contributed by atoms with Crippen LogP contribution in [0.1, 0.15) is 12.8 Å². The summed E-state index contributed by atoms with van der Waals surface area (Å²) in [6, 6.07) is 0. The van der Waals surface area contributed by atoms with E-state index >= 15 is 0 Å². The predicted molar refractivity (Wildman–Crippen MR) is 34.1 cm³/mol. The van der Waals surface area contributed by atoms with Gasteiger partial charge in [-0.15, -0.1) is 0 Å². The van der Waals surface area contributed by atoms with E-state index in [0.717, 1.165) is 19.4 Å². The van der Waals surface area contributed by atoms with Crippen molar-refractivity contribution in [2.75, 3.05) is 20.2 Å². The molecule has 9 heavy (non-hydrogen) atoms. The summed E-state index contributed by atoms with van der Waals surface area (Å²) >= 11 is 0. The standard InChI is InChI=1S/C6H13NO2/c1-7-4-2-3-6(8)5-9-6/h7-8H,2-5H2,1H3. The molecule has 54 valence electrons. The van der Waals surface area contributed by atoms with Gasteiger partial charge >= 0.3 is 0 Å². The normalized spacial score (nSPS) is 32.7. The Morgan fingerprint density at radius 2 is 2.44 bits per heavy atom. The number of nitrogens with one attached hydrogen (secondary N) is 1. The second-order valence-corrected chi connectivity index (χ2v) is 2.44. The van der Waals surface area contributed by atoms with Crippen LogP contribution in [0, 0.1) is 0 Å². The van der Waals surface area contributed by atoms with Crippen LogP contribution in [-0.4, -0.2) is 31.1 Å². The van der Waals surface area contributed by atoms with Crippen molar-refractivity contribution in [1.29, 1.82) is 0 Å². The van der Waals surface area contributed by atoms with E-state index in [4.69, 9.17) is 9.84 Å². The number of rotatable bonds is 4. The van der Waals surface area contributed by atoms with Crippen LogP contribution >= 0.6 is 0 Å². The van der Waals surface area contributed by atoms with Gasteiger partial charge in [-0.3, -0.25) is 0 Å². The first-order valence-electron chi connectivity index (χ1n) is 3.28. The molecule has 1 atom stereocenters. The molecule has 0 amide bonds. The maximum absolute atomic E-state index is 9.11. The second-order valence-electron chi connectivity index (χ2n) is 2.44. The van der Waals surface area contributed by atoms with E-state index in [1.54, 1.807) is 0 Å². The molecule has 3 nitrogen and oxygen atoms in total. The minimum Gasteiger partial charge on any atom is -0.364 e. The van der Waals surface area contributed by atoms with Crippen molar-refractivity contribution in [2.45, 2.75) is 18.6 Å². The van der Waals surface area contributed by atoms with E-state index in [2.05, 4.69) is 5.32 Å². The molecular formula is C6H13NO2. The average molecular weight is 131 g/mol. The van der Waals surface area contributed by atoms with Crippen LogP contribution in [0.15, 0.2) is 0 Å². The molecular weight excluding hydrogens is 118 g/mol. The summed E-state index contributed by atoms with van der Waals surface area (Å²) in [6.07, 6.45) is 1.74. The first-order chi connectivity index (χ1) is 4.27. The molecule has 0 aromatic rings. The molecule has 0 aromatic carbocycles. The lowest BCUT2D eigenvalue weighted by molar-refractivity contribution is 0.0273. The van der Waals surface area contributed by atoms with Crippen LogP contribution in [-0.2, 0) is 4.74 Å². The molecule has 1 aliphatic heterocycles. The lowest BCUT2D eigenvalue weighted by Crippen LogP contribution is -2.14. The van der Waals surface area contributed by atoms with E-state index in [1.807, 2.05) is 7.05 Å². The minimum atomic E-state index is -0.739. The average Bonchev–Trinajstić information content (AvgIpc) is 2.50. The van der Waals surface area contributed by atoms with Gasteiger partial charge in [0.05, 0.1) is 0 Å². The highest BCUT2D eigenvalue weighted by molar-refractivity contribution is 4.78. The number of hydrogen-bond donors (Lipinski definition) is 2. The van der Waals surface area contributed by atoms with E-state index in [9.17, 15) is 0 Å². The molecule has 1 aliphatic rings. The van der Waals surface area contributed by atoms with Crippen molar-refractivity contribution < 1.29 is 9.84 Å². The number of aliphatic hydroxyl groups is 1. The van der Waals surface area contributed by atoms with Gasteiger partial charge in [0.25, 0.3) is 0 Å². The van der Waals surface area contributed by atoms with Crippen molar-refractivity contribution in [3.63, 3.8) is 0 Å². The summed E-state index contributed by atoms with van der Waals surface area (Å²) in [5.74, 6) is -0.739. The highest BCUT2D eigenvalue weighted by atomic mass is 16.7. The largest absolute Gasteiger partial charge is 0.364 e. The number of hydrogen-bond acceptors (Lipinski definition) is 3.